The third-order valence-corrected chi connectivity index (χ3v) is 2.57. The van der Waals surface area contributed by atoms with E-state index in [-0.39, 0.29) is 0 Å². The van der Waals surface area contributed by atoms with Crippen molar-refractivity contribution in [2.24, 2.45) is 0 Å². The molecular formula is C14H22O. The third kappa shape index (κ3) is 3.26. The van der Waals surface area contributed by atoms with Gasteiger partial charge in [0.15, 0.2) is 0 Å². The van der Waals surface area contributed by atoms with Gasteiger partial charge in [0.1, 0.15) is 5.75 Å². The van der Waals surface area contributed by atoms with Crippen molar-refractivity contribution in [3.63, 3.8) is 0 Å². The fourth-order valence-corrected chi connectivity index (χ4v) is 1.78. The van der Waals surface area contributed by atoms with E-state index in [1.807, 2.05) is 13.8 Å². The average molecular weight is 206 g/mol. The van der Waals surface area contributed by atoms with Gasteiger partial charge >= 0.3 is 0 Å². The molecule has 1 nitrogen and oxygen atoms in total. The van der Waals surface area contributed by atoms with Gasteiger partial charge in [0, 0.05) is 6.42 Å². The summed E-state index contributed by atoms with van der Waals surface area (Å²) in [6.45, 7) is 7.10. The minimum Gasteiger partial charge on any atom is -0.493 e. The Morgan fingerprint density at radius 3 is 2.80 bits per heavy atom. The van der Waals surface area contributed by atoms with Crippen molar-refractivity contribution in [3.05, 3.63) is 29.3 Å². The number of ether oxygens (including phenoxy) is 1. The summed E-state index contributed by atoms with van der Waals surface area (Å²) >= 11 is 0. The van der Waals surface area contributed by atoms with Crippen LogP contribution in [0, 0.1) is 0 Å². The molecule has 0 aliphatic carbocycles. The first-order chi connectivity index (χ1) is 7.40. The molecule has 0 amide bonds. The number of aryl methyl sites for hydroxylation is 1. The molecule has 1 heteroatoms. The molecule has 0 aromatic heterocycles. The van der Waals surface area contributed by atoms with E-state index >= 15 is 0 Å². The molecular weight excluding hydrogens is 184 g/mol. The minimum absolute atomic E-state index is 0.868. The molecule has 15 heavy (non-hydrogen) atoms. The molecule has 0 unspecified atom stereocenters. The van der Waals surface area contributed by atoms with Gasteiger partial charge in [-0.15, -0.1) is 0 Å². The topological polar surface area (TPSA) is 9.23 Å². The smallest absolute Gasteiger partial charge is 0.122 e. The van der Waals surface area contributed by atoms with Gasteiger partial charge in [0.05, 0.1) is 6.61 Å². The lowest BCUT2D eigenvalue weighted by molar-refractivity contribution is 0.357. The molecule has 1 aliphatic rings. The Labute approximate surface area is 93.5 Å². The molecule has 1 aliphatic heterocycles. The highest BCUT2D eigenvalue weighted by molar-refractivity contribution is 5.39. The largest absolute Gasteiger partial charge is 0.493 e. The highest BCUT2D eigenvalue weighted by Crippen LogP contribution is 2.26. The molecule has 0 atom stereocenters. The van der Waals surface area contributed by atoms with Crippen LogP contribution >= 0.6 is 0 Å². The van der Waals surface area contributed by atoms with Crippen LogP contribution in [0.1, 0.15) is 44.7 Å². The molecule has 0 N–H and O–H groups in total. The van der Waals surface area contributed by atoms with Crippen molar-refractivity contribution in [2.75, 3.05) is 6.61 Å². The zero-order valence-electron chi connectivity index (χ0n) is 10.2. The van der Waals surface area contributed by atoms with Crippen LogP contribution in [0.5, 0.6) is 5.75 Å². The molecule has 1 aromatic rings. The van der Waals surface area contributed by atoms with Crippen molar-refractivity contribution in [1.29, 1.82) is 0 Å². The lowest BCUT2D eigenvalue weighted by Gasteiger charge is -2.02. The Hall–Kier alpha value is -0.980. The molecule has 1 aromatic carbocycles. The molecule has 2 rings (SSSR count). The van der Waals surface area contributed by atoms with Crippen molar-refractivity contribution in [1.82, 2.24) is 0 Å². The second kappa shape index (κ2) is 6.49. The summed E-state index contributed by atoms with van der Waals surface area (Å²) < 4.78 is 5.46. The quantitative estimate of drug-likeness (QED) is 0.726. The van der Waals surface area contributed by atoms with Gasteiger partial charge in [-0.1, -0.05) is 39.3 Å². The summed E-state index contributed by atoms with van der Waals surface area (Å²) in [6, 6.07) is 6.62. The molecule has 0 spiro atoms. The van der Waals surface area contributed by atoms with Crippen LogP contribution in [0.25, 0.3) is 0 Å². The molecule has 0 radical (unpaired) electrons. The molecule has 0 bridgehead atoms. The van der Waals surface area contributed by atoms with Crippen LogP contribution in [0.2, 0.25) is 0 Å². The van der Waals surface area contributed by atoms with Crippen LogP contribution in [0.4, 0.5) is 0 Å². The molecule has 0 saturated carbocycles. The van der Waals surface area contributed by atoms with Crippen LogP contribution in [0.15, 0.2) is 18.2 Å². The third-order valence-electron chi connectivity index (χ3n) is 2.57. The first-order valence-electron chi connectivity index (χ1n) is 6.15. The Morgan fingerprint density at radius 1 is 1.27 bits per heavy atom. The Balaban J connectivity index is 0.000000531. The van der Waals surface area contributed by atoms with Crippen molar-refractivity contribution >= 4 is 0 Å². The van der Waals surface area contributed by atoms with E-state index in [0.29, 0.717) is 0 Å². The number of benzene rings is 1. The minimum atomic E-state index is 0.868. The average Bonchev–Trinajstić information content (AvgIpc) is 2.76. The Kier molecular flexibility index (Phi) is 5.23. The first-order valence-corrected chi connectivity index (χ1v) is 6.15. The highest BCUT2D eigenvalue weighted by atomic mass is 16.5. The molecule has 0 fully saturated rings. The molecule has 84 valence electrons. The van der Waals surface area contributed by atoms with Gasteiger partial charge < -0.3 is 4.74 Å². The Morgan fingerprint density at radius 2 is 2.07 bits per heavy atom. The van der Waals surface area contributed by atoms with Gasteiger partial charge in [0.25, 0.3) is 0 Å². The molecule has 0 saturated heterocycles. The lowest BCUT2D eigenvalue weighted by Crippen LogP contribution is -1.86. The number of unbranched alkanes of at least 4 members (excludes halogenated alkanes) is 1. The van der Waals surface area contributed by atoms with Gasteiger partial charge in [-0.2, -0.15) is 0 Å². The summed E-state index contributed by atoms with van der Waals surface area (Å²) in [6.07, 6.45) is 4.87. The zero-order valence-corrected chi connectivity index (χ0v) is 10.2. The van der Waals surface area contributed by atoms with Crippen LogP contribution < -0.4 is 4.74 Å². The maximum Gasteiger partial charge on any atom is 0.122 e. The normalized spacial score (nSPS) is 12.5. The lowest BCUT2D eigenvalue weighted by atomic mass is 10.0. The van der Waals surface area contributed by atoms with Crippen molar-refractivity contribution in [3.8, 4) is 5.75 Å². The van der Waals surface area contributed by atoms with E-state index in [0.717, 1.165) is 18.8 Å². The number of hydrogen-bond acceptors (Lipinski definition) is 1. The summed E-state index contributed by atoms with van der Waals surface area (Å²) in [5.41, 5.74) is 2.86. The highest BCUT2D eigenvalue weighted by Gasteiger charge is 2.11. The van der Waals surface area contributed by atoms with Gasteiger partial charge in [-0.3, -0.25) is 0 Å². The molecule has 1 heterocycles. The SMILES string of the molecule is CC.CCCCc1ccc2c(c1)CCO2. The first kappa shape index (κ1) is 12.1. The summed E-state index contributed by atoms with van der Waals surface area (Å²) in [4.78, 5) is 0. The number of rotatable bonds is 3. The zero-order chi connectivity index (χ0) is 11.1. The number of fused-ring (bicyclic) bond motifs is 1. The van der Waals surface area contributed by atoms with E-state index < -0.39 is 0 Å². The standard InChI is InChI=1S/C12H16O.C2H6/c1-2-3-4-10-5-6-12-11(9-10)7-8-13-12;1-2/h5-6,9H,2-4,7-8H2,1H3;1-2H3. The van der Waals surface area contributed by atoms with E-state index in [4.69, 9.17) is 4.74 Å². The van der Waals surface area contributed by atoms with E-state index in [1.54, 1.807) is 0 Å². The number of hydrogen-bond donors (Lipinski definition) is 0. The van der Waals surface area contributed by atoms with Crippen LogP contribution in [0.3, 0.4) is 0 Å². The maximum absolute atomic E-state index is 5.46. The Bertz CT molecular complexity index is 291. The fraction of sp³-hybridized carbons (Fsp3) is 0.571. The van der Waals surface area contributed by atoms with E-state index in [9.17, 15) is 0 Å². The second-order valence-electron chi connectivity index (χ2n) is 3.64. The van der Waals surface area contributed by atoms with Gasteiger partial charge in [0.2, 0.25) is 0 Å². The predicted octanol–water partition coefficient (Wildman–Crippen LogP) is 3.99. The summed E-state index contributed by atoms with van der Waals surface area (Å²) in [5, 5.41) is 0. The van der Waals surface area contributed by atoms with Crippen LogP contribution in [-0.2, 0) is 12.8 Å². The van der Waals surface area contributed by atoms with Gasteiger partial charge in [-0.25, -0.2) is 0 Å². The van der Waals surface area contributed by atoms with Crippen molar-refractivity contribution < 1.29 is 4.74 Å². The van der Waals surface area contributed by atoms with Gasteiger partial charge in [-0.05, 0) is 30.0 Å². The monoisotopic (exact) mass is 206 g/mol. The predicted molar refractivity (Wildman–Crippen MR) is 65.6 cm³/mol. The summed E-state index contributed by atoms with van der Waals surface area (Å²) in [5.74, 6) is 1.10. The van der Waals surface area contributed by atoms with E-state index in [1.165, 1.54) is 30.4 Å². The van der Waals surface area contributed by atoms with Crippen molar-refractivity contribution in [2.45, 2.75) is 46.5 Å². The maximum atomic E-state index is 5.46. The second-order valence-corrected chi connectivity index (χ2v) is 3.64. The van der Waals surface area contributed by atoms with Crippen LogP contribution in [-0.4, -0.2) is 6.61 Å². The van der Waals surface area contributed by atoms with E-state index in [2.05, 4.69) is 25.1 Å². The summed E-state index contributed by atoms with van der Waals surface area (Å²) in [7, 11) is 0. The fourth-order valence-electron chi connectivity index (χ4n) is 1.78.